The fraction of sp³-hybridized carbons (Fsp3) is 0.222. The minimum Gasteiger partial charge on any atom is -0.464 e. The highest BCUT2D eigenvalue weighted by Crippen LogP contribution is 2.17. The summed E-state index contributed by atoms with van der Waals surface area (Å²) in [7, 11) is 6.78. The minimum atomic E-state index is -0.767. The summed E-state index contributed by atoms with van der Waals surface area (Å²) in [6, 6.07) is 2.74. The normalized spacial score (nSPS) is 9.86. The third kappa shape index (κ3) is 2.11. The van der Waals surface area contributed by atoms with Gasteiger partial charge in [-0.25, -0.2) is 4.39 Å². The Kier molecular flexibility index (Phi) is 3.65. The van der Waals surface area contributed by atoms with Gasteiger partial charge in [-0.3, -0.25) is 4.79 Å². The van der Waals surface area contributed by atoms with Crippen LogP contribution >= 0.6 is 0 Å². The fourth-order valence-electron chi connectivity index (χ4n) is 0.942. The van der Waals surface area contributed by atoms with Gasteiger partial charge in [0, 0.05) is 12.7 Å². The average molecular weight is 194 g/mol. The smallest absolute Gasteiger partial charge is 0.188 e. The monoisotopic (exact) mass is 194 g/mol. The number of aldehydes is 1. The molecule has 0 saturated heterocycles. The van der Waals surface area contributed by atoms with Crippen LogP contribution in [0.25, 0.3) is 0 Å². The van der Waals surface area contributed by atoms with Gasteiger partial charge < -0.3 is 9.47 Å². The second-order valence-corrected chi connectivity index (χ2v) is 2.55. The number of methoxy groups -OCH3 is 1. The predicted octanol–water partition coefficient (Wildman–Crippen LogP) is 0.415. The first-order valence-electron chi connectivity index (χ1n) is 3.85. The van der Waals surface area contributed by atoms with E-state index in [9.17, 15) is 9.18 Å². The zero-order valence-electron chi connectivity index (χ0n) is 7.62. The maximum atomic E-state index is 13.4. The van der Waals surface area contributed by atoms with Crippen molar-refractivity contribution >= 4 is 19.6 Å². The first-order chi connectivity index (χ1) is 6.70. The standard InChI is InChI=1S/C9H8BFO3/c1-13-5-14-8-3-2-7(10)6(4-12)9(8)11/h2-4H,5H2,1H3. The summed E-state index contributed by atoms with van der Waals surface area (Å²) in [5.41, 5.74) is -0.110. The molecule has 1 aromatic rings. The topological polar surface area (TPSA) is 35.5 Å². The lowest BCUT2D eigenvalue weighted by Crippen LogP contribution is -2.13. The second kappa shape index (κ2) is 4.76. The van der Waals surface area contributed by atoms with Crippen molar-refractivity contribution < 1.29 is 18.7 Å². The van der Waals surface area contributed by atoms with Crippen molar-refractivity contribution in [1.82, 2.24) is 0 Å². The summed E-state index contributed by atoms with van der Waals surface area (Å²) in [5, 5.41) is 0. The molecular weight excluding hydrogens is 186 g/mol. The maximum absolute atomic E-state index is 13.4. The van der Waals surface area contributed by atoms with E-state index in [1.165, 1.54) is 19.2 Å². The Morgan fingerprint density at radius 2 is 2.29 bits per heavy atom. The molecule has 0 fully saturated rings. The third-order valence-corrected chi connectivity index (χ3v) is 1.63. The van der Waals surface area contributed by atoms with E-state index < -0.39 is 5.82 Å². The number of carbonyl (C=O) groups excluding carboxylic acids is 1. The Morgan fingerprint density at radius 1 is 1.57 bits per heavy atom. The lowest BCUT2D eigenvalue weighted by molar-refractivity contribution is 0.0482. The highest BCUT2D eigenvalue weighted by molar-refractivity contribution is 6.35. The molecule has 0 aliphatic heterocycles. The Bertz CT molecular complexity index is 341. The number of halogens is 1. The van der Waals surface area contributed by atoms with Crippen LogP contribution in [0.5, 0.6) is 5.75 Å². The van der Waals surface area contributed by atoms with Crippen LogP contribution in [0.4, 0.5) is 4.39 Å². The fourth-order valence-corrected chi connectivity index (χ4v) is 0.942. The van der Waals surface area contributed by atoms with Crippen LogP contribution in [-0.2, 0) is 4.74 Å². The second-order valence-electron chi connectivity index (χ2n) is 2.55. The lowest BCUT2D eigenvalue weighted by Gasteiger charge is -2.08. The molecule has 5 heteroatoms. The van der Waals surface area contributed by atoms with E-state index >= 15 is 0 Å². The highest BCUT2D eigenvalue weighted by atomic mass is 19.1. The van der Waals surface area contributed by atoms with Gasteiger partial charge >= 0.3 is 0 Å². The summed E-state index contributed by atoms with van der Waals surface area (Å²) in [5.74, 6) is -0.819. The average Bonchev–Trinajstić information content (AvgIpc) is 2.18. The molecular formula is C9H8BFO3. The van der Waals surface area contributed by atoms with E-state index in [1.807, 2.05) is 0 Å². The molecule has 0 aliphatic carbocycles. The van der Waals surface area contributed by atoms with Crippen molar-refractivity contribution in [3.63, 3.8) is 0 Å². The van der Waals surface area contributed by atoms with Gasteiger partial charge in [-0.05, 0) is 6.07 Å². The van der Waals surface area contributed by atoms with Crippen LogP contribution in [0.3, 0.4) is 0 Å². The molecule has 0 N–H and O–H groups in total. The van der Waals surface area contributed by atoms with Gasteiger partial charge in [0.2, 0.25) is 0 Å². The number of benzene rings is 1. The molecule has 72 valence electrons. The van der Waals surface area contributed by atoms with Crippen LogP contribution < -0.4 is 10.2 Å². The first kappa shape index (κ1) is 10.7. The van der Waals surface area contributed by atoms with Crippen LogP contribution in [0.15, 0.2) is 12.1 Å². The Morgan fingerprint density at radius 3 is 2.86 bits per heavy atom. The predicted molar refractivity (Wildman–Crippen MR) is 49.7 cm³/mol. The molecule has 1 aromatic carbocycles. The van der Waals surface area contributed by atoms with E-state index in [-0.39, 0.29) is 23.6 Å². The van der Waals surface area contributed by atoms with Gasteiger partial charge in [0.15, 0.2) is 24.6 Å². The van der Waals surface area contributed by atoms with Gasteiger partial charge in [-0.1, -0.05) is 11.5 Å². The summed E-state index contributed by atoms with van der Waals surface area (Å²) in [6.07, 6.45) is 0.352. The van der Waals surface area contributed by atoms with E-state index in [1.54, 1.807) is 0 Å². The SMILES string of the molecule is [B]c1ccc(OCOC)c(F)c1C=O. The zero-order valence-corrected chi connectivity index (χ0v) is 7.62. The van der Waals surface area contributed by atoms with Crippen molar-refractivity contribution in [3.8, 4) is 5.75 Å². The molecule has 2 radical (unpaired) electrons. The van der Waals surface area contributed by atoms with Crippen molar-refractivity contribution in [1.29, 1.82) is 0 Å². The van der Waals surface area contributed by atoms with E-state index in [2.05, 4.69) is 4.74 Å². The molecule has 3 nitrogen and oxygen atoms in total. The van der Waals surface area contributed by atoms with Crippen LogP contribution in [-0.4, -0.2) is 28.0 Å². The number of carbonyl (C=O) groups is 1. The molecule has 0 heterocycles. The largest absolute Gasteiger partial charge is 0.464 e. The van der Waals surface area contributed by atoms with E-state index in [0.29, 0.717) is 6.29 Å². The molecule has 1 rings (SSSR count). The number of ether oxygens (including phenoxy) is 2. The molecule has 0 unspecified atom stereocenters. The van der Waals surface area contributed by atoms with Gasteiger partial charge in [0.1, 0.15) is 7.85 Å². The van der Waals surface area contributed by atoms with Crippen LogP contribution in [0.2, 0.25) is 0 Å². The molecule has 0 spiro atoms. The molecule has 0 aliphatic rings. The molecule has 0 amide bonds. The summed E-state index contributed by atoms with van der Waals surface area (Å²) < 4.78 is 22.8. The van der Waals surface area contributed by atoms with Gasteiger partial charge in [-0.15, -0.1) is 0 Å². The summed E-state index contributed by atoms with van der Waals surface area (Å²) in [4.78, 5) is 10.5. The molecule has 0 aromatic heterocycles. The molecule has 0 bridgehead atoms. The third-order valence-electron chi connectivity index (χ3n) is 1.63. The van der Waals surface area contributed by atoms with E-state index in [0.717, 1.165) is 0 Å². The summed E-state index contributed by atoms with van der Waals surface area (Å²) >= 11 is 0. The van der Waals surface area contributed by atoms with Crippen LogP contribution in [0, 0.1) is 5.82 Å². The van der Waals surface area contributed by atoms with Crippen molar-refractivity contribution in [3.05, 3.63) is 23.5 Å². The lowest BCUT2D eigenvalue weighted by atomic mass is 9.90. The minimum absolute atomic E-state index is 0.0526. The van der Waals surface area contributed by atoms with Gasteiger partial charge in [0.05, 0.1) is 0 Å². The van der Waals surface area contributed by atoms with Gasteiger partial charge in [0.25, 0.3) is 0 Å². The van der Waals surface area contributed by atoms with Crippen LogP contribution in [0.1, 0.15) is 10.4 Å². The Hall–Kier alpha value is -1.36. The number of hydrogen-bond donors (Lipinski definition) is 0. The molecule has 14 heavy (non-hydrogen) atoms. The number of hydrogen-bond acceptors (Lipinski definition) is 3. The first-order valence-corrected chi connectivity index (χ1v) is 3.85. The van der Waals surface area contributed by atoms with Gasteiger partial charge in [-0.2, -0.15) is 0 Å². The highest BCUT2D eigenvalue weighted by Gasteiger charge is 2.10. The van der Waals surface area contributed by atoms with E-state index in [4.69, 9.17) is 12.6 Å². The zero-order chi connectivity index (χ0) is 10.6. The quantitative estimate of drug-likeness (QED) is 0.395. The summed E-state index contributed by atoms with van der Waals surface area (Å²) in [6.45, 7) is -0.0842. The number of rotatable bonds is 4. The Balaban J connectivity index is 3.02. The molecule has 0 saturated carbocycles. The maximum Gasteiger partial charge on any atom is 0.188 e. The molecule has 0 atom stereocenters. The van der Waals surface area contributed by atoms with Crippen molar-refractivity contribution in [2.75, 3.05) is 13.9 Å². The van der Waals surface area contributed by atoms with Crippen molar-refractivity contribution in [2.45, 2.75) is 0 Å². The Labute approximate surface area is 82.2 Å². The van der Waals surface area contributed by atoms with Crippen molar-refractivity contribution in [2.24, 2.45) is 0 Å².